The number of carbonyl (C=O) groups is 1. The van der Waals surface area contributed by atoms with E-state index in [-0.39, 0.29) is 5.56 Å². The zero-order valence-electron chi connectivity index (χ0n) is 11.9. The Morgan fingerprint density at radius 2 is 2.00 bits per heavy atom. The second-order valence-corrected chi connectivity index (χ2v) is 4.62. The number of aromatic nitrogens is 2. The Labute approximate surface area is 116 Å². The highest BCUT2D eigenvalue weighted by Crippen LogP contribution is 1.97. The number of unbranched alkanes of at least 4 members (excludes halogenated alkanes) is 3. The lowest BCUT2D eigenvalue weighted by Gasteiger charge is -2.09. The first kappa shape index (κ1) is 16.2. The van der Waals surface area contributed by atoms with E-state index in [4.69, 9.17) is 5.11 Å². The summed E-state index contributed by atoms with van der Waals surface area (Å²) < 4.78 is 1.62. The van der Waals surface area contributed by atoms with Gasteiger partial charge in [0.25, 0.3) is 5.56 Å². The number of aliphatic hydroxyl groups excluding tert-OH is 1. The third-order valence-electron chi connectivity index (χ3n) is 3.05. The summed E-state index contributed by atoms with van der Waals surface area (Å²) >= 11 is 0. The van der Waals surface area contributed by atoms with Gasteiger partial charge in [-0.25, -0.2) is 14.2 Å². The minimum atomic E-state index is -0.724. The molecule has 0 aliphatic rings. The standard InChI is InChI=1S/C13H21N3O4/c1-3-4-5-6-7-14-12(19)16-8-10(9-17)11(18)15(2)13(16)20/h8,17H,3-7,9H2,1-2H3,(H,14,19). The molecule has 112 valence electrons. The molecule has 0 saturated carbocycles. The molecule has 0 aliphatic carbocycles. The number of rotatable bonds is 6. The molecule has 0 atom stereocenters. The predicted octanol–water partition coefficient (Wildman–Crippen LogP) is 0.177. The Bertz CT molecular complexity index is 574. The van der Waals surface area contributed by atoms with Crippen LogP contribution >= 0.6 is 0 Å². The summed E-state index contributed by atoms with van der Waals surface area (Å²) in [6.45, 7) is 2.05. The van der Waals surface area contributed by atoms with Crippen molar-refractivity contribution < 1.29 is 9.90 Å². The fourth-order valence-corrected chi connectivity index (χ4v) is 1.82. The van der Waals surface area contributed by atoms with Crippen LogP contribution in [0.25, 0.3) is 0 Å². The van der Waals surface area contributed by atoms with Crippen molar-refractivity contribution in [1.29, 1.82) is 0 Å². The van der Waals surface area contributed by atoms with Gasteiger partial charge in [-0.1, -0.05) is 26.2 Å². The van der Waals surface area contributed by atoms with E-state index in [1.54, 1.807) is 0 Å². The summed E-state index contributed by atoms with van der Waals surface area (Å²) in [7, 11) is 1.27. The Morgan fingerprint density at radius 1 is 1.30 bits per heavy atom. The first-order valence-electron chi connectivity index (χ1n) is 6.73. The molecule has 7 heteroatoms. The molecule has 1 rings (SSSR count). The van der Waals surface area contributed by atoms with Crippen molar-refractivity contribution in [2.45, 2.75) is 39.2 Å². The van der Waals surface area contributed by atoms with Crippen LogP contribution in [0.15, 0.2) is 15.8 Å². The average Bonchev–Trinajstić information content (AvgIpc) is 2.44. The summed E-state index contributed by atoms with van der Waals surface area (Å²) in [4.78, 5) is 35.3. The molecule has 0 spiro atoms. The maximum atomic E-state index is 11.9. The molecule has 0 bridgehead atoms. The summed E-state index contributed by atoms with van der Waals surface area (Å²) in [6, 6.07) is -0.586. The van der Waals surface area contributed by atoms with Crippen LogP contribution in [-0.4, -0.2) is 26.8 Å². The van der Waals surface area contributed by atoms with Crippen LogP contribution in [0, 0.1) is 0 Å². The van der Waals surface area contributed by atoms with Gasteiger partial charge in [-0.05, 0) is 6.42 Å². The Hall–Kier alpha value is -1.89. The van der Waals surface area contributed by atoms with Crippen LogP contribution in [-0.2, 0) is 13.7 Å². The van der Waals surface area contributed by atoms with E-state index in [1.807, 2.05) is 0 Å². The lowest BCUT2D eigenvalue weighted by molar-refractivity contribution is 0.239. The van der Waals surface area contributed by atoms with E-state index < -0.39 is 23.9 Å². The largest absolute Gasteiger partial charge is 0.391 e. The minimum absolute atomic E-state index is 0.00762. The van der Waals surface area contributed by atoms with Crippen LogP contribution in [0.3, 0.4) is 0 Å². The van der Waals surface area contributed by atoms with Gasteiger partial charge in [0.15, 0.2) is 0 Å². The summed E-state index contributed by atoms with van der Waals surface area (Å²) in [6.07, 6.45) is 5.15. The van der Waals surface area contributed by atoms with E-state index in [0.29, 0.717) is 6.54 Å². The normalized spacial score (nSPS) is 10.6. The van der Waals surface area contributed by atoms with E-state index in [0.717, 1.165) is 41.0 Å². The monoisotopic (exact) mass is 283 g/mol. The summed E-state index contributed by atoms with van der Waals surface area (Å²) in [5.74, 6) is 0. The number of amides is 1. The number of carbonyl (C=O) groups excluding carboxylic acids is 1. The van der Waals surface area contributed by atoms with Crippen molar-refractivity contribution in [2.24, 2.45) is 7.05 Å². The smallest absolute Gasteiger partial charge is 0.339 e. The van der Waals surface area contributed by atoms with Crippen molar-refractivity contribution >= 4 is 6.03 Å². The van der Waals surface area contributed by atoms with Gasteiger partial charge < -0.3 is 10.4 Å². The fraction of sp³-hybridized carbons (Fsp3) is 0.615. The Kier molecular flexibility index (Phi) is 6.17. The molecule has 0 unspecified atom stereocenters. The van der Waals surface area contributed by atoms with Gasteiger partial charge in [0.1, 0.15) is 0 Å². The number of nitrogens with one attached hydrogen (secondary N) is 1. The number of hydrogen-bond donors (Lipinski definition) is 2. The maximum absolute atomic E-state index is 11.9. The molecular weight excluding hydrogens is 262 g/mol. The van der Waals surface area contributed by atoms with Crippen LogP contribution in [0.5, 0.6) is 0 Å². The second-order valence-electron chi connectivity index (χ2n) is 4.62. The van der Waals surface area contributed by atoms with Gasteiger partial charge >= 0.3 is 11.7 Å². The molecule has 0 aromatic carbocycles. The zero-order chi connectivity index (χ0) is 15.1. The molecule has 0 radical (unpaired) electrons. The van der Waals surface area contributed by atoms with E-state index in [1.165, 1.54) is 7.05 Å². The van der Waals surface area contributed by atoms with Crippen molar-refractivity contribution in [3.63, 3.8) is 0 Å². The SMILES string of the molecule is CCCCCCNC(=O)n1cc(CO)c(=O)n(C)c1=O. The number of nitrogens with zero attached hydrogens (tertiary/aromatic N) is 2. The highest BCUT2D eigenvalue weighted by Gasteiger charge is 2.12. The van der Waals surface area contributed by atoms with Crippen molar-refractivity contribution in [3.05, 3.63) is 32.6 Å². The van der Waals surface area contributed by atoms with Crippen LogP contribution < -0.4 is 16.6 Å². The van der Waals surface area contributed by atoms with Crippen molar-refractivity contribution in [2.75, 3.05) is 6.54 Å². The lowest BCUT2D eigenvalue weighted by Crippen LogP contribution is -2.45. The van der Waals surface area contributed by atoms with E-state index in [2.05, 4.69) is 12.2 Å². The van der Waals surface area contributed by atoms with E-state index in [9.17, 15) is 14.4 Å². The highest BCUT2D eigenvalue weighted by molar-refractivity contribution is 5.76. The molecule has 7 nitrogen and oxygen atoms in total. The van der Waals surface area contributed by atoms with Gasteiger partial charge in [-0.15, -0.1) is 0 Å². The third-order valence-corrected chi connectivity index (χ3v) is 3.05. The molecule has 20 heavy (non-hydrogen) atoms. The van der Waals surface area contributed by atoms with Crippen LogP contribution in [0.1, 0.15) is 38.2 Å². The van der Waals surface area contributed by atoms with Crippen molar-refractivity contribution in [1.82, 2.24) is 14.5 Å². The molecule has 2 N–H and O–H groups in total. The third kappa shape index (κ3) is 3.80. The van der Waals surface area contributed by atoms with Crippen LogP contribution in [0.2, 0.25) is 0 Å². The molecule has 1 heterocycles. The minimum Gasteiger partial charge on any atom is -0.391 e. The van der Waals surface area contributed by atoms with Gasteiger partial charge in [-0.3, -0.25) is 9.36 Å². The predicted molar refractivity (Wildman–Crippen MR) is 74.8 cm³/mol. The molecule has 0 fully saturated rings. The lowest BCUT2D eigenvalue weighted by atomic mass is 10.2. The molecule has 1 amide bonds. The Morgan fingerprint density at radius 3 is 2.60 bits per heavy atom. The first-order chi connectivity index (χ1) is 9.52. The first-order valence-corrected chi connectivity index (χ1v) is 6.73. The zero-order valence-corrected chi connectivity index (χ0v) is 11.9. The number of aliphatic hydroxyl groups is 1. The van der Waals surface area contributed by atoms with Gasteiger partial charge in [-0.2, -0.15) is 0 Å². The second kappa shape index (κ2) is 7.64. The summed E-state index contributed by atoms with van der Waals surface area (Å²) in [5, 5.41) is 11.7. The fourth-order valence-electron chi connectivity index (χ4n) is 1.82. The molecule has 1 aromatic rings. The maximum Gasteiger partial charge on any atom is 0.339 e. The number of hydrogen-bond acceptors (Lipinski definition) is 4. The molecular formula is C13H21N3O4. The molecule has 0 saturated heterocycles. The van der Waals surface area contributed by atoms with Crippen molar-refractivity contribution in [3.8, 4) is 0 Å². The Balaban J connectivity index is 2.81. The summed E-state index contributed by atoms with van der Waals surface area (Å²) in [5.41, 5.74) is -1.31. The van der Waals surface area contributed by atoms with E-state index >= 15 is 0 Å². The van der Waals surface area contributed by atoms with Gasteiger partial charge in [0, 0.05) is 19.8 Å². The van der Waals surface area contributed by atoms with Gasteiger partial charge in [0.2, 0.25) is 0 Å². The topological polar surface area (TPSA) is 93.3 Å². The quantitative estimate of drug-likeness (QED) is 0.728. The molecule has 1 aromatic heterocycles. The van der Waals surface area contributed by atoms with Crippen LogP contribution in [0.4, 0.5) is 4.79 Å². The average molecular weight is 283 g/mol. The highest BCUT2D eigenvalue weighted by atomic mass is 16.3. The molecule has 0 aliphatic heterocycles. The van der Waals surface area contributed by atoms with Gasteiger partial charge in [0.05, 0.1) is 12.2 Å².